The van der Waals surface area contributed by atoms with Crippen molar-refractivity contribution in [2.45, 2.75) is 82.8 Å². The first kappa shape index (κ1) is 13.4. The van der Waals surface area contributed by atoms with Gasteiger partial charge in [-0.2, -0.15) is 0 Å². The highest BCUT2D eigenvalue weighted by atomic mass is 16.5. The molecule has 17 heavy (non-hydrogen) atoms. The van der Waals surface area contributed by atoms with Crippen molar-refractivity contribution in [3.63, 3.8) is 0 Å². The first-order valence-corrected chi connectivity index (χ1v) is 7.57. The number of rotatable bonds is 3. The molecule has 2 N–H and O–H groups in total. The Labute approximate surface area is 106 Å². The molecule has 0 aromatic heterocycles. The molecule has 1 atom stereocenters. The van der Waals surface area contributed by atoms with E-state index in [1.54, 1.807) is 0 Å². The van der Waals surface area contributed by atoms with Gasteiger partial charge in [-0.05, 0) is 44.4 Å². The van der Waals surface area contributed by atoms with Crippen LogP contribution in [0.5, 0.6) is 0 Å². The van der Waals surface area contributed by atoms with E-state index in [1.807, 2.05) is 0 Å². The quantitative estimate of drug-likeness (QED) is 0.816. The average Bonchev–Trinajstić information content (AvgIpc) is 2.39. The average molecular weight is 239 g/mol. The first-order chi connectivity index (χ1) is 8.14. The third kappa shape index (κ3) is 2.68. The van der Waals surface area contributed by atoms with E-state index in [1.165, 1.54) is 44.9 Å². The molecule has 0 amide bonds. The molecule has 0 aromatic carbocycles. The zero-order valence-corrected chi connectivity index (χ0v) is 11.6. The summed E-state index contributed by atoms with van der Waals surface area (Å²) in [6.07, 6.45) is 11.2. The molecule has 1 aliphatic carbocycles. The predicted molar refractivity (Wildman–Crippen MR) is 72.0 cm³/mol. The molecule has 2 rings (SSSR count). The minimum absolute atomic E-state index is 0.0498. The monoisotopic (exact) mass is 239 g/mol. The van der Waals surface area contributed by atoms with E-state index in [4.69, 9.17) is 10.5 Å². The molecule has 2 heteroatoms. The lowest BCUT2D eigenvalue weighted by Crippen LogP contribution is -2.53. The fraction of sp³-hybridized carbons (Fsp3) is 1.00. The van der Waals surface area contributed by atoms with Gasteiger partial charge >= 0.3 is 0 Å². The molecule has 0 radical (unpaired) electrons. The highest BCUT2D eigenvalue weighted by Crippen LogP contribution is 2.44. The molecule has 1 heterocycles. The summed E-state index contributed by atoms with van der Waals surface area (Å²) >= 11 is 0. The van der Waals surface area contributed by atoms with Gasteiger partial charge in [-0.25, -0.2) is 0 Å². The zero-order chi connectivity index (χ0) is 12.4. The van der Waals surface area contributed by atoms with Crippen LogP contribution < -0.4 is 5.73 Å². The summed E-state index contributed by atoms with van der Waals surface area (Å²) < 4.78 is 6.17. The summed E-state index contributed by atoms with van der Waals surface area (Å²) in [6.45, 7) is 5.42. The van der Waals surface area contributed by atoms with Gasteiger partial charge in [0, 0.05) is 12.1 Å². The lowest BCUT2D eigenvalue weighted by atomic mass is 9.68. The van der Waals surface area contributed by atoms with E-state index in [2.05, 4.69) is 13.8 Å². The maximum Gasteiger partial charge on any atom is 0.0685 e. The Kier molecular flexibility index (Phi) is 4.14. The molecular weight excluding hydrogens is 210 g/mol. The van der Waals surface area contributed by atoms with Crippen LogP contribution >= 0.6 is 0 Å². The Balaban J connectivity index is 2.05. The summed E-state index contributed by atoms with van der Waals surface area (Å²) in [4.78, 5) is 0. The fourth-order valence-electron chi connectivity index (χ4n) is 3.89. The summed E-state index contributed by atoms with van der Waals surface area (Å²) in [6, 6.07) is 0. The van der Waals surface area contributed by atoms with Crippen LogP contribution in [0.25, 0.3) is 0 Å². The van der Waals surface area contributed by atoms with Crippen LogP contribution in [0.2, 0.25) is 0 Å². The summed E-state index contributed by atoms with van der Waals surface area (Å²) in [7, 11) is 0. The molecule has 1 saturated heterocycles. The smallest absolute Gasteiger partial charge is 0.0685 e. The minimum Gasteiger partial charge on any atom is -0.375 e. The molecule has 2 aliphatic rings. The Morgan fingerprint density at radius 3 is 2.41 bits per heavy atom. The van der Waals surface area contributed by atoms with Crippen LogP contribution in [-0.4, -0.2) is 17.7 Å². The van der Waals surface area contributed by atoms with Crippen LogP contribution in [0, 0.1) is 5.92 Å². The highest BCUT2D eigenvalue weighted by molar-refractivity contribution is 4.98. The van der Waals surface area contributed by atoms with Crippen molar-refractivity contribution in [1.82, 2.24) is 0 Å². The Morgan fingerprint density at radius 1 is 1.18 bits per heavy atom. The van der Waals surface area contributed by atoms with Crippen LogP contribution in [0.4, 0.5) is 0 Å². The Bertz CT molecular complexity index is 236. The normalized spacial score (nSPS) is 29.5. The number of ether oxygens (including phenoxy) is 1. The number of hydrogen-bond donors (Lipinski definition) is 1. The van der Waals surface area contributed by atoms with Gasteiger partial charge in [0.15, 0.2) is 0 Å². The van der Waals surface area contributed by atoms with Crippen molar-refractivity contribution < 1.29 is 4.74 Å². The lowest BCUT2D eigenvalue weighted by Gasteiger charge is -2.48. The second-order valence-electron chi connectivity index (χ2n) is 6.22. The molecule has 1 spiro atoms. The third-order valence-electron chi connectivity index (χ3n) is 5.39. The zero-order valence-electron chi connectivity index (χ0n) is 11.6. The van der Waals surface area contributed by atoms with Gasteiger partial charge in [0.25, 0.3) is 0 Å². The van der Waals surface area contributed by atoms with Gasteiger partial charge in [0.2, 0.25) is 0 Å². The Hall–Kier alpha value is -0.0800. The largest absolute Gasteiger partial charge is 0.375 e. The SMILES string of the molecule is CCC(N)(CC)C1CCOC2(CCCCC2)C1. The molecule has 100 valence electrons. The standard InChI is InChI=1S/C15H29NO/c1-3-15(16,4-2)13-8-11-17-14(12-13)9-6-5-7-10-14/h13H,3-12,16H2,1-2H3. The maximum absolute atomic E-state index is 6.61. The number of hydrogen-bond acceptors (Lipinski definition) is 2. The van der Waals surface area contributed by atoms with Crippen molar-refractivity contribution in [3.05, 3.63) is 0 Å². The minimum atomic E-state index is 0.0498. The molecule has 1 saturated carbocycles. The highest BCUT2D eigenvalue weighted by Gasteiger charge is 2.43. The summed E-state index contributed by atoms with van der Waals surface area (Å²) in [5, 5.41) is 0. The molecule has 0 bridgehead atoms. The lowest BCUT2D eigenvalue weighted by molar-refractivity contribution is -0.128. The number of nitrogens with two attached hydrogens (primary N) is 1. The van der Waals surface area contributed by atoms with E-state index < -0.39 is 0 Å². The van der Waals surface area contributed by atoms with Crippen molar-refractivity contribution in [3.8, 4) is 0 Å². The van der Waals surface area contributed by atoms with Crippen LogP contribution in [-0.2, 0) is 4.74 Å². The van der Waals surface area contributed by atoms with Gasteiger partial charge in [-0.3, -0.25) is 0 Å². The second kappa shape index (κ2) is 5.27. The first-order valence-electron chi connectivity index (χ1n) is 7.57. The van der Waals surface area contributed by atoms with Gasteiger partial charge < -0.3 is 10.5 Å². The molecule has 2 fully saturated rings. The van der Waals surface area contributed by atoms with E-state index in [0.717, 1.165) is 19.4 Å². The summed E-state index contributed by atoms with van der Waals surface area (Å²) in [5.74, 6) is 0.671. The van der Waals surface area contributed by atoms with E-state index >= 15 is 0 Å². The van der Waals surface area contributed by atoms with Crippen LogP contribution in [0.3, 0.4) is 0 Å². The molecule has 1 unspecified atom stereocenters. The van der Waals surface area contributed by atoms with Crippen LogP contribution in [0.1, 0.15) is 71.6 Å². The molecule has 0 aromatic rings. The van der Waals surface area contributed by atoms with Gasteiger partial charge in [0.1, 0.15) is 0 Å². The van der Waals surface area contributed by atoms with Crippen molar-refractivity contribution in [1.29, 1.82) is 0 Å². The predicted octanol–water partition coefficient (Wildman–Crippen LogP) is 3.63. The maximum atomic E-state index is 6.61. The second-order valence-corrected chi connectivity index (χ2v) is 6.22. The van der Waals surface area contributed by atoms with E-state index in [9.17, 15) is 0 Å². The van der Waals surface area contributed by atoms with E-state index in [0.29, 0.717) is 5.92 Å². The van der Waals surface area contributed by atoms with Crippen molar-refractivity contribution in [2.75, 3.05) is 6.61 Å². The third-order valence-corrected chi connectivity index (χ3v) is 5.39. The molecular formula is C15H29NO. The molecule has 1 aliphatic heterocycles. The Morgan fingerprint density at radius 2 is 1.82 bits per heavy atom. The molecule has 2 nitrogen and oxygen atoms in total. The van der Waals surface area contributed by atoms with Gasteiger partial charge in [-0.1, -0.05) is 33.1 Å². The van der Waals surface area contributed by atoms with Crippen LogP contribution in [0.15, 0.2) is 0 Å². The topological polar surface area (TPSA) is 35.2 Å². The summed E-state index contributed by atoms with van der Waals surface area (Å²) in [5.41, 5.74) is 6.86. The van der Waals surface area contributed by atoms with E-state index in [-0.39, 0.29) is 11.1 Å². The van der Waals surface area contributed by atoms with Crippen molar-refractivity contribution >= 4 is 0 Å². The van der Waals surface area contributed by atoms with Crippen molar-refractivity contribution in [2.24, 2.45) is 11.7 Å². The fourth-order valence-corrected chi connectivity index (χ4v) is 3.89. The van der Waals surface area contributed by atoms with Gasteiger partial charge in [-0.15, -0.1) is 0 Å². The van der Waals surface area contributed by atoms with Gasteiger partial charge in [0.05, 0.1) is 5.60 Å².